The van der Waals surface area contributed by atoms with Gasteiger partial charge in [0.1, 0.15) is 5.70 Å². The van der Waals surface area contributed by atoms with E-state index in [-0.39, 0.29) is 24.4 Å². The average Bonchev–Trinajstić information content (AvgIpc) is 2.14. The Morgan fingerprint density at radius 2 is 2.29 bits per heavy atom. The normalized spacial score (nSPS) is 11.6. The van der Waals surface area contributed by atoms with Gasteiger partial charge in [-0.05, 0) is 13.0 Å². The van der Waals surface area contributed by atoms with Crippen molar-refractivity contribution in [2.24, 2.45) is 4.99 Å². The van der Waals surface area contributed by atoms with Gasteiger partial charge >= 0.3 is 0 Å². The Morgan fingerprint density at radius 1 is 1.64 bits per heavy atom. The van der Waals surface area contributed by atoms with Gasteiger partial charge in [-0.25, -0.2) is 0 Å². The van der Waals surface area contributed by atoms with Crippen molar-refractivity contribution in [2.45, 2.75) is 13.3 Å². The topological polar surface area (TPSA) is 72.6 Å². The van der Waals surface area contributed by atoms with Crippen molar-refractivity contribution in [3.63, 3.8) is 0 Å². The molecular formula is C9H12N2O3. The second kappa shape index (κ2) is 6.71. The molecule has 0 rings (SSSR count). The van der Waals surface area contributed by atoms with Crippen LogP contribution in [0, 0.1) is 10.1 Å². The van der Waals surface area contributed by atoms with Crippen LogP contribution in [0.3, 0.4) is 0 Å². The van der Waals surface area contributed by atoms with Crippen LogP contribution in [0.1, 0.15) is 13.3 Å². The zero-order valence-corrected chi connectivity index (χ0v) is 7.97. The second-order valence-corrected chi connectivity index (χ2v) is 2.40. The SMILES string of the molecule is C=C/C=C(\N=CC)C(=O)CC[N+](=O)[O-]. The maximum Gasteiger partial charge on any atom is 0.211 e. The van der Waals surface area contributed by atoms with Crippen LogP contribution in [0.15, 0.2) is 29.4 Å². The number of hydrogen-bond donors (Lipinski definition) is 0. The Bertz CT molecular complexity index is 292. The molecule has 0 radical (unpaired) electrons. The fourth-order valence-corrected chi connectivity index (χ4v) is 0.780. The molecule has 0 unspecified atom stereocenters. The van der Waals surface area contributed by atoms with Crippen molar-refractivity contribution < 1.29 is 9.72 Å². The number of carbonyl (C=O) groups is 1. The first-order chi connectivity index (χ1) is 6.61. The van der Waals surface area contributed by atoms with Gasteiger partial charge < -0.3 is 0 Å². The molecule has 5 nitrogen and oxygen atoms in total. The van der Waals surface area contributed by atoms with Crippen LogP contribution < -0.4 is 0 Å². The summed E-state index contributed by atoms with van der Waals surface area (Å²) < 4.78 is 0. The number of nitrogens with zero attached hydrogens (tertiary/aromatic N) is 2. The number of nitro groups is 1. The van der Waals surface area contributed by atoms with Crippen molar-refractivity contribution in [3.8, 4) is 0 Å². The minimum atomic E-state index is -0.529. The number of ketones is 1. The summed E-state index contributed by atoms with van der Waals surface area (Å²) in [6.07, 6.45) is 4.18. The van der Waals surface area contributed by atoms with Gasteiger partial charge in [0.15, 0.2) is 5.78 Å². The van der Waals surface area contributed by atoms with Crippen LogP contribution in [0.4, 0.5) is 0 Å². The standard InChI is InChI=1S/C9H12N2O3/c1-3-5-8(10-4-2)9(12)6-7-11(13)14/h3-5H,1,6-7H2,2H3/b8-5-,10-4?. The zero-order chi connectivity index (χ0) is 11.0. The molecular weight excluding hydrogens is 184 g/mol. The highest BCUT2D eigenvalue weighted by molar-refractivity contribution is 5.96. The van der Waals surface area contributed by atoms with Crippen LogP contribution in [0.2, 0.25) is 0 Å². The highest BCUT2D eigenvalue weighted by atomic mass is 16.6. The minimum Gasteiger partial charge on any atom is -0.292 e. The summed E-state index contributed by atoms with van der Waals surface area (Å²) in [6, 6.07) is 0. The number of carbonyl (C=O) groups excluding carboxylic acids is 1. The molecule has 0 N–H and O–H groups in total. The van der Waals surface area contributed by atoms with Gasteiger partial charge in [-0.1, -0.05) is 12.7 Å². The second-order valence-electron chi connectivity index (χ2n) is 2.40. The van der Waals surface area contributed by atoms with E-state index in [0.29, 0.717) is 0 Å². The van der Waals surface area contributed by atoms with Crippen molar-refractivity contribution in [1.82, 2.24) is 0 Å². The molecule has 5 heteroatoms. The molecule has 0 aliphatic heterocycles. The molecule has 0 aromatic carbocycles. The zero-order valence-electron chi connectivity index (χ0n) is 7.97. The molecule has 0 aromatic rings. The third-order valence-electron chi connectivity index (χ3n) is 1.35. The molecule has 0 saturated heterocycles. The predicted octanol–water partition coefficient (Wildman–Crippen LogP) is 1.38. The van der Waals surface area contributed by atoms with Crippen LogP contribution in [-0.4, -0.2) is 23.5 Å². The van der Waals surface area contributed by atoms with Gasteiger partial charge in [0.2, 0.25) is 6.54 Å². The van der Waals surface area contributed by atoms with Gasteiger partial charge in [0, 0.05) is 11.1 Å². The molecule has 0 aromatic heterocycles. The summed E-state index contributed by atoms with van der Waals surface area (Å²) in [5.41, 5.74) is 0.198. The first-order valence-corrected chi connectivity index (χ1v) is 4.08. The lowest BCUT2D eigenvalue weighted by molar-refractivity contribution is -0.478. The fourth-order valence-electron chi connectivity index (χ4n) is 0.780. The molecule has 0 bridgehead atoms. The molecule has 0 atom stereocenters. The van der Waals surface area contributed by atoms with Gasteiger partial charge in [-0.2, -0.15) is 0 Å². The lowest BCUT2D eigenvalue weighted by atomic mass is 10.2. The molecule has 0 spiro atoms. The molecule has 14 heavy (non-hydrogen) atoms. The molecule has 0 aliphatic carbocycles. The third kappa shape index (κ3) is 4.97. The number of rotatable bonds is 6. The maximum atomic E-state index is 11.3. The molecule has 0 fully saturated rings. The summed E-state index contributed by atoms with van der Waals surface area (Å²) >= 11 is 0. The van der Waals surface area contributed by atoms with Gasteiger partial charge in [0.25, 0.3) is 0 Å². The summed E-state index contributed by atoms with van der Waals surface area (Å²) in [5.74, 6) is -0.347. The van der Waals surface area contributed by atoms with Crippen molar-refractivity contribution in [2.75, 3.05) is 6.54 Å². The summed E-state index contributed by atoms with van der Waals surface area (Å²) in [6.45, 7) is 4.72. The van der Waals surface area contributed by atoms with E-state index in [9.17, 15) is 14.9 Å². The minimum absolute atomic E-state index is 0.135. The van der Waals surface area contributed by atoms with Crippen molar-refractivity contribution in [3.05, 3.63) is 34.5 Å². The first-order valence-electron chi connectivity index (χ1n) is 4.08. The lowest BCUT2D eigenvalue weighted by Gasteiger charge is -1.96. The number of hydrogen-bond acceptors (Lipinski definition) is 4. The molecule has 0 heterocycles. The molecule has 0 aliphatic rings. The third-order valence-corrected chi connectivity index (χ3v) is 1.35. The van der Waals surface area contributed by atoms with Gasteiger partial charge in [0.05, 0.1) is 6.42 Å². The van der Waals surface area contributed by atoms with Gasteiger partial charge in [-0.3, -0.25) is 19.9 Å². The molecule has 0 amide bonds. The lowest BCUT2D eigenvalue weighted by Crippen LogP contribution is -2.09. The highest BCUT2D eigenvalue weighted by Crippen LogP contribution is 2.02. The number of allylic oxidation sites excluding steroid dienone is 3. The first kappa shape index (κ1) is 12.2. The monoisotopic (exact) mass is 196 g/mol. The van der Waals surface area contributed by atoms with E-state index < -0.39 is 4.92 Å². The van der Waals surface area contributed by atoms with E-state index >= 15 is 0 Å². The van der Waals surface area contributed by atoms with E-state index in [2.05, 4.69) is 11.6 Å². The van der Waals surface area contributed by atoms with E-state index in [1.54, 1.807) is 6.92 Å². The Labute approximate surface area is 82.0 Å². The maximum absolute atomic E-state index is 11.3. The van der Waals surface area contributed by atoms with E-state index in [1.165, 1.54) is 18.4 Å². The van der Waals surface area contributed by atoms with E-state index in [4.69, 9.17) is 0 Å². The number of Topliss-reactive ketones (excluding diaryl/α,β-unsaturated/α-hetero) is 1. The van der Waals surface area contributed by atoms with Crippen molar-refractivity contribution >= 4 is 12.0 Å². The van der Waals surface area contributed by atoms with Crippen LogP contribution in [0.25, 0.3) is 0 Å². The Hall–Kier alpha value is -1.78. The highest BCUT2D eigenvalue weighted by Gasteiger charge is 2.10. The van der Waals surface area contributed by atoms with Gasteiger partial charge in [-0.15, -0.1) is 0 Å². The Morgan fingerprint density at radius 3 is 2.71 bits per heavy atom. The summed E-state index contributed by atoms with van der Waals surface area (Å²) in [4.78, 5) is 24.6. The Kier molecular flexibility index (Phi) is 5.85. The van der Waals surface area contributed by atoms with Crippen molar-refractivity contribution in [1.29, 1.82) is 0 Å². The predicted molar refractivity (Wildman–Crippen MR) is 53.9 cm³/mol. The quantitative estimate of drug-likeness (QED) is 0.212. The fraction of sp³-hybridized carbons (Fsp3) is 0.333. The molecule has 0 saturated carbocycles. The van der Waals surface area contributed by atoms with E-state index in [1.807, 2.05) is 0 Å². The summed E-state index contributed by atoms with van der Waals surface area (Å²) in [7, 11) is 0. The van der Waals surface area contributed by atoms with Crippen LogP contribution in [0.5, 0.6) is 0 Å². The molecule has 76 valence electrons. The van der Waals surface area contributed by atoms with Crippen LogP contribution >= 0.6 is 0 Å². The smallest absolute Gasteiger partial charge is 0.211 e. The average molecular weight is 196 g/mol. The summed E-state index contributed by atoms with van der Waals surface area (Å²) in [5, 5.41) is 10.0. The van der Waals surface area contributed by atoms with Crippen LogP contribution in [-0.2, 0) is 4.79 Å². The largest absolute Gasteiger partial charge is 0.292 e. The number of aliphatic imine (C=N–C) groups is 1. The van der Waals surface area contributed by atoms with E-state index in [0.717, 1.165) is 0 Å². The Balaban J connectivity index is 4.38.